The summed E-state index contributed by atoms with van der Waals surface area (Å²) in [6.45, 7) is 0. The van der Waals surface area contributed by atoms with Crippen LogP contribution in [0.15, 0.2) is 0 Å². The second-order valence-corrected chi connectivity index (χ2v) is 0.500. The first-order chi connectivity index (χ1) is 3.46. The van der Waals surface area contributed by atoms with E-state index in [1.807, 2.05) is 0 Å². The molecule has 0 fully saturated rings. The van der Waals surface area contributed by atoms with Gasteiger partial charge < -0.3 is 30.0 Å². The van der Waals surface area contributed by atoms with Crippen LogP contribution < -0.4 is 71.8 Å². The number of carbonyl (C=O) groups excluding carboxylic acids is 2. The molecule has 0 saturated heterocycles. The van der Waals surface area contributed by atoms with Crippen molar-refractivity contribution in [3.8, 4) is 0 Å². The molecule has 0 rings (SSSR count). The number of rotatable bonds is 0. The van der Waals surface area contributed by atoms with Gasteiger partial charge in [0, 0.05) is 0 Å². The van der Waals surface area contributed by atoms with E-state index in [1.165, 1.54) is 0 Å². The second-order valence-electron chi connectivity index (χ2n) is 0.500. The van der Waals surface area contributed by atoms with Crippen LogP contribution in [0.2, 0.25) is 0 Å². The standard InChI is InChI=1S/2CH2O3.K.La/c2*2-1(3)4;;/h2*(H2,2,3,4);;/q;;+1;+3/p-4. The summed E-state index contributed by atoms with van der Waals surface area (Å²) in [5.74, 6) is 0. The summed E-state index contributed by atoms with van der Waals surface area (Å²) < 4.78 is 0. The fourth-order valence-electron chi connectivity index (χ4n) is 0. The largest absolute Gasteiger partial charge is 3.00 e. The van der Waals surface area contributed by atoms with Gasteiger partial charge in [0.15, 0.2) is 0 Å². The van der Waals surface area contributed by atoms with Crippen LogP contribution in [0.4, 0.5) is 9.59 Å². The summed E-state index contributed by atoms with van der Waals surface area (Å²) in [7, 11) is 0. The molecule has 0 atom stereocenters. The molecule has 0 spiro atoms. The van der Waals surface area contributed by atoms with E-state index in [0.29, 0.717) is 0 Å². The van der Waals surface area contributed by atoms with E-state index in [9.17, 15) is 0 Å². The van der Waals surface area contributed by atoms with E-state index < -0.39 is 12.3 Å². The molecule has 8 heteroatoms. The summed E-state index contributed by atoms with van der Waals surface area (Å²) in [4.78, 5) is 16.7. The quantitative estimate of drug-likeness (QED) is 0.409. The van der Waals surface area contributed by atoms with Crippen LogP contribution in [-0.2, 0) is 0 Å². The first kappa shape index (κ1) is 22.5. The van der Waals surface area contributed by atoms with Crippen molar-refractivity contribution in [1.29, 1.82) is 0 Å². The van der Waals surface area contributed by atoms with Crippen molar-refractivity contribution >= 4 is 12.3 Å². The van der Waals surface area contributed by atoms with Gasteiger partial charge in [0.25, 0.3) is 0 Å². The van der Waals surface area contributed by atoms with Gasteiger partial charge in [-0.05, 0) is 12.3 Å². The van der Waals surface area contributed by atoms with Crippen LogP contribution >= 0.6 is 0 Å². The van der Waals surface area contributed by atoms with E-state index >= 15 is 0 Å². The van der Waals surface area contributed by atoms with Gasteiger partial charge in [-0.3, -0.25) is 0 Å². The Labute approximate surface area is 127 Å². The van der Waals surface area contributed by atoms with Gasteiger partial charge in [-0.25, -0.2) is 0 Å². The van der Waals surface area contributed by atoms with Crippen LogP contribution in [0, 0.1) is 35.6 Å². The van der Waals surface area contributed by atoms with E-state index in [1.54, 1.807) is 0 Å². The number of carbonyl (C=O) groups is 2. The van der Waals surface area contributed by atoms with Gasteiger partial charge >= 0.3 is 87.0 Å². The van der Waals surface area contributed by atoms with Crippen LogP contribution in [0.25, 0.3) is 0 Å². The molecule has 0 N–H and O–H groups in total. The van der Waals surface area contributed by atoms with Crippen molar-refractivity contribution in [3.63, 3.8) is 0 Å². The average molecular weight is 298 g/mol. The Morgan fingerprint density at radius 1 is 0.800 bits per heavy atom. The molecule has 0 heterocycles. The Balaban J connectivity index is -0.0000000300. The van der Waals surface area contributed by atoms with Crippen molar-refractivity contribution in [1.82, 2.24) is 0 Å². The number of carboxylic acid groups (broad SMARTS) is 4. The first-order valence-corrected chi connectivity index (χ1v) is 1.22. The normalized spacial score (nSPS) is 4.80. The van der Waals surface area contributed by atoms with Gasteiger partial charge in [0.2, 0.25) is 0 Å². The predicted molar refractivity (Wildman–Crippen MR) is 10.8 cm³/mol. The minimum absolute atomic E-state index is 0. The smallest absolute Gasteiger partial charge is 0.652 e. The SMILES string of the molecule is O=C([O-])[O-].O=C([O-])[O-].[K+].[La+3]. The molecule has 0 aromatic rings. The Morgan fingerprint density at radius 2 is 0.800 bits per heavy atom. The maximum Gasteiger partial charge on any atom is 3.00 e. The minimum Gasteiger partial charge on any atom is -0.652 e. The van der Waals surface area contributed by atoms with E-state index in [2.05, 4.69) is 0 Å². The van der Waals surface area contributed by atoms with Crippen molar-refractivity contribution in [2.75, 3.05) is 0 Å². The van der Waals surface area contributed by atoms with E-state index in [4.69, 9.17) is 30.0 Å². The Kier molecular flexibility index (Phi) is 37.7. The summed E-state index contributed by atoms with van der Waals surface area (Å²) >= 11 is 0. The molecule has 6 nitrogen and oxygen atoms in total. The summed E-state index contributed by atoms with van der Waals surface area (Å²) in [6.07, 6.45) is -4.67. The maximum atomic E-state index is 8.33. The van der Waals surface area contributed by atoms with Crippen LogP contribution in [0.3, 0.4) is 0 Å². The zero-order valence-electron chi connectivity index (χ0n) is 5.03. The minimum atomic E-state index is -2.33. The third-order valence-electron chi connectivity index (χ3n) is 0. The average Bonchev–Trinajstić information content (AvgIpc) is 1.25. The fourth-order valence-corrected chi connectivity index (χ4v) is 0. The van der Waals surface area contributed by atoms with Crippen LogP contribution in [0.1, 0.15) is 0 Å². The number of hydrogen-bond acceptors (Lipinski definition) is 6. The molecule has 0 saturated carbocycles. The van der Waals surface area contributed by atoms with E-state index in [0.717, 1.165) is 0 Å². The fraction of sp³-hybridized carbons (Fsp3) is 0. The summed E-state index contributed by atoms with van der Waals surface area (Å²) in [5.41, 5.74) is 0. The first-order valence-electron chi connectivity index (χ1n) is 1.22. The van der Waals surface area contributed by atoms with Gasteiger partial charge in [-0.2, -0.15) is 0 Å². The Morgan fingerprint density at radius 3 is 0.800 bits per heavy atom. The molecule has 0 aliphatic rings. The second kappa shape index (κ2) is 16.8. The van der Waals surface area contributed by atoms with Crippen LogP contribution in [0.5, 0.6) is 0 Å². The van der Waals surface area contributed by atoms with Crippen LogP contribution in [-0.4, -0.2) is 12.3 Å². The summed E-state index contributed by atoms with van der Waals surface area (Å²) in [5, 5.41) is 33.3. The molecule has 0 unspecified atom stereocenters. The Hall–Kier alpha value is 1.37. The molecular weight excluding hydrogens is 298 g/mol. The molecule has 10 heavy (non-hydrogen) atoms. The van der Waals surface area contributed by atoms with Gasteiger partial charge in [0.1, 0.15) is 0 Å². The van der Waals surface area contributed by atoms with E-state index in [-0.39, 0.29) is 87.0 Å². The van der Waals surface area contributed by atoms with Gasteiger partial charge in [-0.1, -0.05) is 0 Å². The zero-order chi connectivity index (χ0) is 7.15. The molecule has 0 aromatic heterocycles. The molecule has 0 bridgehead atoms. The van der Waals surface area contributed by atoms with Crippen molar-refractivity contribution < 1.29 is 117 Å². The Bertz CT molecular complexity index is 73.7. The zero-order valence-corrected chi connectivity index (χ0v) is 11.8. The topological polar surface area (TPSA) is 126 Å². The molecule has 0 aromatic carbocycles. The van der Waals surface area contributed by atoms with Crippen molar-refractivity contribution in [2.45, 2.75) is 0 Å². The third kappa shape index (κ3) is 349. The molecule has 0 aliphatic carbocycles. The van der Waals surface area contributed by atoms with Crippen molar-refractivity contribution in [3.05, 3.63) is 0 Å². The molecule has 0 aliphatic heterocycles. The van der Waals surface area contributed by atoms with Gasteiger partial charge in [0.05, 0.1) is 0 Å². The maximum absolute atomic E-state index is 8.33. The molecule has 48 valence electrons. The summed E-state index contributed by atoms with van der Waals surface area (Å²) in [6, 6.07) is 0. The molecular formula is C2KLaO6. The molecule has 0 amide bonds. The van der Waals surface area contributed by atoms with Crippen molar-refractivity contribution in [2.24, 2.45) is 0 Å². The predicted octanol–water partition coefficient (Wildman–Crippen LogP) is -7.89. The third-order valence-corrected chi connectivity index (χ3v) is 0. The number of hydrogen-bond donors (Lipinski definition) is 0. The monoisotopic (exact) mass is 298 g/mol. The van der Waals surface area contributed by atoms with Gasteiger partial charge in [-0.15, -0.1) is 0 Å². The molecule has 0 radical (unpaired) electrons.